The third-order valence-electron chi connectivity index (χ3n) is 14.6. The van der Waals surface area contributed by atoms with E-state index in [2.05, 4.69) is 144 Å². The van der Waals surface area contributed by atoms with Crippen molar-refractivity contribution in [3.8, 4) is 35.2 Å². The van der Waals surface area contributed by atoms with Crippen LogP contribution < -0.4 is 4.74 Å². The molecule has 0 amide bonds. The second kappa shape index (κ2) is 22.8. The number of hydrogen-bond donors (Lipinski definition) is 3. The van der Waals surface area contributed by atoms with Gasteiger partial charge in [0.15, 0.2) is 0 Å². The number of benzene rings is 4. The zero-order chi connectivity index (χ0) is 46.4. The van der Waals surface area contributed by atoms with Crippen molar-refractivity contribution in [3.05, 3.63) is 140 Å². The minimum atomic E-state index is -0.821. The summed E-state index contributed by atoms with van der Waals surface area (Å²) in [5.41, 5.74) is 9.74. The van der Waals surface area contributed by atoms with Gasteiger partial charge < -0.3 is 24.9 Å². The normalized spacial score (nSPS) is 15.6. The first kappa shape index (κ1) is 50.0. The van der Waals surface area contributed by atoms with Crippen LogP contribution in [0.4, 0.5) is 0 Å². The Morgan fingerprint density at radius 3 is 1.36 bits per heavy atom. The molecule has 64 heavy (non-hydrogen) atoms. The van der Waals surface area contributed by atoms with Gasteiger partial charge in [0.1, 0.15) is 22.7 Å². The Morgan fingerprint density at radius 2 is 0.969 bits per heavy atom. The predicted octanol–water partition coefficient (Wildman–Crippen LogP) is 13.7. The summed E-state index contributed by atoms with van der Waals surface area (Å²) in [7, 11) is 0. The maximum atomic E-state index is 10.8. The number of ether oxygens (including phenoxy) is 1. The third-order valence-corrected chi connectivity index (χ3v) is 14.6. The maximum Gasteiger partial charge on any atom is 0.214 e. The molecular weight excluding hydrogens is 787 g/mol. The molecule has 340 valence electrons. The van der Waals surface area contributed by atoms with Crippen molar-refractivity contribution in [1.29, 1.82) is 0 Å². The van der Waals surface area contributed by atoms with Crippen LogP contribution in [0.5, 0.6) is 11.5 Å². The van der Waals surface area contributed by atoms with E-state index in [4.69, 9.17) is 11.3 Å². The van der Waals surface area contributed by atoms with Gasteiger partial charge in [0, 0.05) is 28.4 Å². The van der Waals surface area contributed by atoms with Crippen molar-refractivity contribution in [2.45, 2.75) is 180 Å². The molecule has 3 N–H and O–H groups in total. The van der Waals surface area contributed by atoms with Crippen molar-refractivity contribution >= 4 is 0 Å². The van der Waals surface area contributed by atoms with Crippen LogP contribution in [-0.2, 0) is 10.8 Å². The third kappa shape index (κ3) is 12.0. The van der Waals surface area contributed by atoms with Crippen LogP contribution in [0.1, 0.15) is 186 Å². The Bertz CT molecular complexity index is 2340. The molecule has 0 spiro atoms. The highest BCUT2D eigenvalue weighted by atomic mass is 16.5. The molecular formula is C59H75NO4. The van der Waals surface area contributed by atoms with Crippen LogP contribution in [0.2, 0.25) is 0 Å². The highest BCUT2D eigenvalue weighted by Gasteiger charge is 2.33. The number of unbranched alkanes of at least 4 members (excludes halogenated alkanes) is 1. The van der Waals surface area contributed by atoms with Crippen molar-refractivity contribution in [2.24, 2.45) is 0 Å². The van der Waals surface area contributed by atoms with Gasteiger partial charge in [-0.25, -0.2) is 6.57 Å². The first-order valence-corrected chi connectivity index (χ1v) is 24.3. The van der Waals surface area contributed by atoms with Crippen LogP contribution in [-0.4, -0.2) is 39.7 Å². The van der Waals surface area contributed by atoms with Crippen LogP contribution in [0.25, 0.3) is 4.85 Å². The summed E-state index contributed by atoms with van der Waals surface area (Å²) < 4.78 is 6.01. The van der Waals surface area contributed by atoms with Crippen LogP contribution in [0.15, 0.2) is 72.8 Å². The Hall–Kier alpha value is -4.99. The molecule has 4 aromatic rings. The molecule has 0 radical (unpaired) electrons. The summed E-state index contributed by atoms with van der Waals surface area (Å²) in [6, 6.07) is 25.8. The predicted molar refractivity (Wildman–Crippen MR) is 265 cm³/mol. The average molecular weight is 862 g/mol. The van der Waals surface area contributed by atoms with Crippen LogP contribution in [0, 0.1) is 57.9 Å². The lowest BCUT2D eigenvalue weighted by Gasteiger charge is -2.34. The number of nitrogens with zero attached hydrogens (tertiary/aromatic N) is 1. The monoisotopic (exact) mass is 862 g/mol. The molecule has 0 aromatic heterocycles. The quantitative estimate of drug-likeness (QED) is 0.0711. The summed E-state index contributed by atoms with van der Waals surface area (Å²) in [6.07, 6.45) is 15.5. The molecule has 0 atom stereocenters. The summed E-state index contributed by atoms with van der Waals surface area (Å²) in [5.74, 6) is 14.2. The van der Waals surface area contributed by atoms with Gasteiger partial charge in [-0.1, -0.05) is 113 Å². The largest absolute Gasteiger partial charge is 0.508 e. The number of aryl methyl sites for hydroxylation is 4. The van der Waals surface area contributed by atoms with Gasteiger partial charge in [0.2, 0.25) is 6.54 Å². The molecule has 0 aliphatic heterocycles. The number of hydrogen-bond acceptors (Lipinski definition) is 4. The zero-order valence-corrected chi connectivity index (χ0v) is 40.4. The van der Waals surface area contributed by atoms with E-state index in [1.807, 2.05) is 13.0 Å². The van der Waals surface area contributed by atoms with Crippen molar-refractivity contribution in [3.63, 3.8) is 0 Å². The van der Waals surface area contributed by atoms with Crippen LogP contribution >= 0.6 is 0 Å². The number of rotatable bonds is 13. The number of aromatic hydroxyl groups is 1. The van der Waals surface area contributed by atoms with E-state index in [1.165, 1.54) is 35.1 Å². The van der Waals surface area contributed by atoms with Gasteiger partial charge in [0.25, 0.3) is 0 Å². The van der Waals surface area contributed by atoms with Gasteiger partial charge in [-0.3, -0.25) is 0 Å². The lowest BCUT2D eigenvalue weighted by Crippen LogP contribution is -2.29. The number of phenolic OH excluding ortho intramolecular Hbond substituents is 1. The standard InChI is InChI=1S/C32H41NO2.C27H34O2/c1-6-32(7-2,29-15-16-30(26(4)24-29)35-22-12-11-21-33-5)28-14-13-27(25(3)23-28)17-20-31(34)18-9-8-10-19-31;1-5-27(6-2,24-12-13-25(28)21(4)19-24)23-11-10-22(20(3)18-23)14-17-26(29)15-8-7-9-16-26/h13-16,23-24,34H,6-12,18-19,21-22H2,1-4H3;10-13,18-19,28-29H,5-9,15-16H2,1-4H3. The Balaban J connectivity index is 0.000000245. The lowest BCUT2D eigenvalue weighted by molar-refractivity contribution is 0.0606. The van der Waals surface area contributed by atoms with E-state index in [0.29, 0.717) is 18.9 Å². The van der Waals surface area contributed by atoms with Crippen molar-refractivity contribution in [2.75, 3.05) is 13.2 Å². The van der Waals surface area contributed by atoms with Gasteiger partial charge in [-0.15, -0.1) is 0 Å². The number of phenols is 1. The van der Waals surface area contributed by atoms with Gasteiger partial charge in [0.05, 0.1) is 6.61 Å². The first-order valence-electron chi connectivity index (χ1n) is 24.3. The Kier molecular flexibility index (Phi) is 17.8. The van der Waals surface area contributed by atoms with Crippen molar-refractivity contribution < 1.29 is 20.1 Å². The molecule has 0 saturated heterocycles. The first-order chi connectivity index (χ1) is 30.7. The smallest absolute Gasteiger partial charge is 0.214 e. The summed E-state index contributed by atoms with van der Waals surface area (Å²) in [4.78, 5) is 3.41. The van der Waals surface area contributed by atoms with Crippen molar-refractivity contribution in [1.82, 2.24) is 0 Å². The van der Waals surface area contributed by atoms with E-state index in [-0.39, 0.29) is 10.8 Å². The van der Waals surface area contributed by atoms with Crippen LogP contribution in [0.3, 0.4) is 0 Å². The molecule has 0 bridgehead atoms. The molecule has 5 nitrogen and oxygen atoms in total. The summed E-state index contributed by atoms with van der Waals surface area (Å²) >= 11 is 0. The molecule has 0 heterocycles. The Morgan fingerprint density at radius 1 is 0.562 bits per heavy atom. The second-order valence-electron chi connectivity index (χ2n) is 18.7. The molecule has 2 fully saturated rings. The van der Waals surface area contributed by atoms with E-state index in [0.717, 1.165) is 129 Å². The Labute approximate surface area is 386 Å². The molecule has 4 aromatic carbocycles. The molecule has 0 unspecified atom stereocenters. The highest BCUT2D eigenvalue weighted by molar-refractivity contribution is 5.52. The summed E-state index contributed by atoms with van der Waals surface area (Å²) in [5, 5.41) is 31.4. The lowest BCUT2D eigenvalue weighted by atomic mass is 9.70. The van der Waals surface area contributed by atoms with Gasteiger partial charge in [-0.2, -0.15) is 0 Å². The van der Waals surface area contributed by atoms with E-state index < -0.39 is 11.2 Å². The van der Waals surface area contributed by atoms with Gasteiger partial charge in [-0.05, 0) is 180 Å². The average Bonchev–Trinajstić information content (AvgIpc) is 3.29. The van der Waals surface area contributed by atoms with Gasteiger partial charge >= 0.3 is 0 Å². The zero-order valence-electron chi connectivity index (χ0n) is 40.4. The topological polar surface area (TPSA) is 74.3 Å². The maximum absolute atomic E-state index is 10.8. The fraction of sp³-hybridized carbons (Fsp3) is 0.508. The van der Waals surface area contributed by atoms with E-state index in [9.17, 15) is 15.3 Å². The molecule has 2 aliphatic carbocycles. The second-order valence-corrected chi connectivity index (χ2v) is 18.7. The minimum Gasteiger partial charge on any atom is -0.508 e. The van der Waals surface area contributed by atoms with E-state index >= 15 is 0 Å². The molecule has 5 heteroatoms. The molecule has 6 rings (SSSR count). The SMILES string of the molecule is CCC(CC)(c1ccc(O)c(C)c1)c1ccc(C#CC2(O)CCCCC2)c(C)c1.[C-]#[N+]CCCCOc1ccc(C(CC)(CC)c2ccc(C#CC3(O)CCCCC3)c(C)c2)cc1C. The fourth-order valence-corrected chi connectivity index (χ4v) is 10.1. The highest BCUT2D eigenvalue weighted by Crippen LogP contribution is 2.42. The number of aliphatic hydroxyl groups is 2. The summed E-state index contributed by atoms with van der Waals surface area (Å²) in [6.45, 7) is 25.4. The van der Waals surface area contributed by atoms with E-state index in [1.54, 1.807) is 0 Å². The molecule has 2 saturated carbocycles. The molecule has 2 aliphatic rings. The minimum absolute atomic E-state index is 0.0722. The fourth-order valence-electron chi connectivity index (χ4n) is 10.1.